The highest BCUT2D eigenvalue weighted by Gasteiger charge is 2.44. The molecule has 1 amide bonds. The summed E-state index contributed by atoms with van der Waals surface area (Å²) in [7, 11) is 1.43. The number of rotatable bonds is 4. The highest BCUT2D eigenvalue weighted by molar-refractivity contribution is 6.21. The smallest absolute Gasteiger partial charge is 0.236 e. The second kappa shape index (κ2) is 7.62. The number of nitrogens with one attached hydrogen (secondary N) is 2. The van der Waals surface area contributed by atoms with Crippen LogP contribution in [0.3, 0.4) is 0 Å². The van der Waals surface area contributed by atoms with Crippen LogP contribution in [0.4, 0.5) is 10.3 Å². The first-order valence-corrected chi connectivity index (χ1v) is 9.02. The highest BCUT2D eigenvalue weighted by atomic mass is 35.5. The van der Waals surface area contributed by atoms with Gasteiger partial charge < -0.3 is 15.4 Å². The fourth-order valence-electron chi connectivity index (χ4n) is 3.75. The molecule has 1 aliphatic heterocycles. The minimum Gasteiger partial charge on any atom is -0.480 e. The van der Waals surface area contributed by atoms with Crippen molar-refractivity contribution in [3.8, 4) is 11.9 Å². The van der Waals surface area contributed by atoms with Crippen LogP contribution in [0.25, 0.3) is 0 Å². The van der Waals surface area contributed by atoms with Gasteiger partial charge in [-0.05, 0) is 25.7 Å². The Morgan fingerprint density at radius 3 is 2.96 bits per heavy atom. The number of carbonyl (C=O) groups is 1. The van der Waals surface area contributed by atoms with Crippen molar-refractivity contribution < 1.29 is 13.9 Å². The van der Waals surface area contributed by atoms with E-state index in [1.807, 2.05) is 13.0 Å². The SMILES string of the molecule is COc1nc(N[C@@H](C)C2CC3CC(Cl)C(F)CC3NC2=O)ncc1C#N. The summed E-state index contributed by atoms with van der Waals surface area (Å²) < 4.78 is 18.9. The zero-order valence-electron chi connectivity index (χ0n) is 14.6. The van der Waals surface area contributed by atoms with Crippen LogP contribution in [0.15, 0.2) is 6.20 Å². The van der Waals surface area contributed by atoms with Crippen LogP contribution in [0.1, 0.15) is 31.7 Å². The monoisotopic (exact) mass is 381 g/mol. The third-order valence-corrected chi connectivity index (χ3v) is 5.67. The van der Waals surface area contributed by atoms with Gasteiger partial charge in [0.2, 0.25) is 17.7 Å². The third-order valence-electron chi connectivity index (χ3n) is 5.22. The molecule has 3 rings (SSSR count). The summed E-state index contributed by atoms with van der Waals surface area (Å²) in [5.41, 5.74) is 0.236. The molecule has 1 aromatic rings. The lowest BCUT2D eigenvalue weighted by molar-refractivity contribution is -0.130. The third kappa shape index (κ3) is 3.68. The van der Waals surface area contributed by atoms with Crippen LogP contribution in [0.2, 0.25) is 0 Å². The number of nitrogens with zero attached hydrogens (tertiary/aromatic N) is 3. The Kier molecular flexibility index (Phi) is 5.47. The first-order valence-electron chi connectivity index (χ1n) is 8.59. The van der Waals surface area contributed by atoms with Crippen molar-refractivity contribution in [1.82, 2.24) is 15.3 Å². The highest BCUT2D eigenvalue weighted by Crippen LogP contribution is 2.38. The number of nitriles is 1. The zero-order valence-corrected chi connectivity index (χ0v) is 15.3. The summed E-state index contributed by atoms with van der Waals surface area (Å²) in [5, 5.41) is 14.5. The molecular formula is C17H21ClFN5O2. The van der Waals surface area contributed by atoms with E-state index in [-0.39, 0.29) is 53.6 Å². The molecule has 2 fully saturated rings. The van der Waals surface area contributed by atoms with Crippen LogP contribution < -0.4 is 15.4 Å². The van der Waals surface area contributed by atoms with Gasteiger partial charge in [-0.25, -0.2) is 9.37 Å². The Bertz CT molecular complexity index is 728. The number of anilines is 1. The van der Waals surface area contributed by atoms with Gasteiger partial charge >= 0.3 is 0 Å². The molecule has 0 aromatic carbocycles. The molecular weight excluding hydrogens is 361 g/mol. The lowest BCUT2D eigenvalue weighted by Gasteiger charge is -2.43. The maximum Gasteiger partial charge on any atom is 0.236 e. The van der Waals surface area contributed by atoms with Crippen LogP contribution in [-0.2, 0) is 4.79 Å². The largest absolute Gasteiger partial charge is 0.480 e. The summed E-state index contributed by atoms with van der Waals surface area (Å²) in [4.78, 5) is 20.7. The van der Waals surface area contributed by atoms with E-state index in [0.29, 0.717) is 12.8 Å². The standard InChI is InChI=1S/C17H21ClFN5O2/c1-8(22-17-21-7-10(6-20)16(24-17)26-2)11-3-9-4-12(18)13(19)5-14(9)23-15(11)25/h7-9,11-14H,3-5H2,1-2H3,(H,23,25)(H,21,22,24)/t8-,9?,11?,12?,13?,14?/m0/s1. The van der Waals surface area contributed by atoms with Crippen LogP contribution >= 0.6 is 11.6 Å². The number of alkyl halides is 2. The van der Waals surface area contributed by atoms with Crippen molar-refractivity contribution in [2.75, 3.05) is 12.4 Å². The van der Waals surface area contributed by atoms with E-state index in [4.69, 9.17) is 21.6 Å². The summed E-state index contributed by atoms with van der Waals surface area (Å²) in [6, 6.07) is 1.56. The van der Waals surface area contributed by atoms with E-state index in [2.05, 4.69) is 20.6 Å². The molecule has 1 saturated carbocycles. The van der Waals surface area contributed by atoms with E-state index in [1.165, 1.54) is 13.3 Å². The molecule has 0 bridgehead atoms. The first kappa shape index (κ1) is 18.6. The predicted octanol–water partition coefficient (Wildman–Crippen LogP) is 2.02. The topological polar surface area (TPSA) is 99.9 Å². The fourth-order valence-corrected chi connectivity index (χ4v) is 4.08. The second-order valence-corrected chi connectivity index (χ2v) is 7.44. The molecule has 5 unspecified atom stereocenters. The van der Waals surface area contributed by atoms with Crippen molar-refractivity contribution >= 4 is 23.5 Å². The molecule has 2 aliphatic rings. The average Bonchev–Trinajstić information content (AvgIpc) is 2.62. The number of hydrogen-bond acceptors (Lipinski definition) is 6. The van der Waals surface area contributed by atoms with Gasteiger partial charge in [-0.2, -0.15) is 10.2 Å². The normalized spacial score (nSPS) is 32.0. The van der Waals surface area contributed by atoms with Gasteiger partial charge in [0, 0.05) is 18.5 Å². The minimum atomic E-state index is -1.08. The van der Waals surface area contributed by atoms with E-state index in [0.717, 1.165) is 0 Å². The average molecular weight is 382 g/mol. The number of piperidine rings is 1. The van der Waals surface area contributed by atoms with Crippen LogP contribution in [0, 0.1) is 23.2 Å². The van der Waals surface area contributed by atoms with Crippen molar-refractivity contribution in [3.63, 3.8) is 0 Å². The number of halogens is 2. The lowest BCUT2D eigenvalue weighted by Crippen LogP contribution is -2.56. The maximum absolute atomic E-state index is 13.8. The molecule has 0 spiro atoms. The number of carbonyl (C=O) groups excluding carboxylic acids is 1. The lowest BCUT2D eigenvalue weighted by atomic mass is 9.73. The number of fused-ring (bicyclic) bond motifs is 1. The Morgan fingerprint density at radius 2 is 2.27 bits per heavy atom. The summed E-state index contributed by atoms with van der Waals surface area (Å²) in [5.74, 6) is 0.212. The Hall–Kier alpha value is -2.14. The first-order chi connectivity index (χ1) is 12.4. The summed E-state index contributed by atoms with van der Waals surface area (Å²) in [6.45, 7) is 1.87. The van der Waals surface area contributed by atoms with Crippen molar-refractivity contribution in [2.45, 2.75) is 49.8 Å². The van der Waals surface area contributed by atoms with Crippen molar-refractivity contribution in [3.05, 3.63) is 11.8 Å². The van der Waals surface area contributed by atoms with Crippen LogP contribution in [0.5, 0.6) is 5.88 Å². The molecule has 26 heavy (non-hydrogen) atoms. The molecule has 2 N–H and O–H groups in total. The molecule has 0 radical (unpaired) electrons. The minimum absolute atomic E-state index is 0.105. The zero-order chi connectivity index (χ0) is 18.8. The Labute approximate surface area is 156 Å². The van der Waals surface area contributed by atoms with Gasteiger partial charge in [-0.1, -0.05) is 0 Å². The fraction of sp³-hybridized carbons (Fsp3) is 0.647. The Morgan fingerprint density at radius 1 is 1.50 bits per heavy atom. The number of amides is 1. The molecule has 2 heterocycles. The van der Waals surface area contributed by atoms with E-state index in [9.17, 15) is 9.18 Å². The number of hydrogen-bond donors (Lipinski definition) is 2. The predicted molar refractivity (Wildman–Crippen MR) is 93.7 cm³/mol. The van der Waals surface area contributed by atoms with Crippen LogP contribution in [-0.4, -0.2) is 46.6 Å². The number of methoxy groups -OCH3 is 1. The van der Waals surface area contributed by atoms with E-state index >= 15 is 0 Å². The van der Waals surface area contributed by atoms with Gasteiger partial charge in [0.05, 0.1) is 24.6 Å². The Balaban J connectivity index is 1.69. The van der Waals surface area contributed by atoms with Gasteiger partial charge in [0.25, 0.3) is 0 Å². The van der Waals surface area contributed by atoms with Gasteiger partial charge in [0.15, 0.2) is 0 Å². The molecule has 7 nitrogen and oxygen atoms in total. The summed E-state index contributed by atoms with van der Waals surface area (Å²) >= 11 is 6.08. The van der Waals surface area contributed by atoms with Gasteiger partial charge in [0.1, 0.15) is 17.8 Å². The van der Waals surface area contributed by atoms with Crippen molar-refractivity contribution in [1.29, 1.82) is 5.26 Å². The molecule has 1 aromatic heterocycles. The second-order valence-electron chi connectivity index (χ2n) is 6.88. The summed E-state index contributed by atoms with van der Waals surface area (Å²) in [6.07, 6.45) is 1.75. The molecule has 6 atom stereocenters. The molecule has 1 aliphatic carbocycles. The number of ether oxygens (including phenoxy) is 1. The van der Waals surface area contributed by atoms with Crippen molar-refractivity contribution in [2.24, 2.45) is 11.8 Å². The molecule has 1 saturated heterocycles. The van der Waals surface area contributed by atoms with Gasteiger partial charge in [-0.3, -0.25) is 4.79 Å². The van der Waals surface area contributed by atoms with E-state index < -0.39 is 11.5 Å². The van der Waals surface area contributed by atoms with E-state index in [1.54, 1.807) is 0 Å². The quantitative estimate of drug-likeness (QED) is 0.774. The molecule has 9 heteroatoms. The maximum atomic E-state index is 13.8. The van der Waals surface area contributed by atoms with Gasteiger partial charge in [-0.15, -0.1) is 11.6 Å². The number of aromatic nitrogens is 2. The molecule has 140 valence electrons.